The molecule has 9 rings (SSSR count). The van der Waals surface area contributed by atoms with Crippen molar-refractivity contribution in [2.24, 2.45) is 4.76 Å². The Morgan fingerprint density at radius 3 is 0.800 bits per heavy atom. The van der Waals surface area contributed by atoms with Gasteiger partial charge >= 0.3 is 0 Å². The van der Waals surface area contributed by atoms with Gasteiger partial charge in [0, 0.05) is 22.3 Å². The Morgan fingerprint density at radius 2 is 0.600 bits per heavy atom. The average molecular weight is 758 g/mol. The molecule has 0 unspecified atom stereocenters. The second-order valence-electron chi connectivity index (χ2n) is 16.3. The summed E-state index contributed by atoms with van der Waals surface area (Å²) in [4.78, 5) is 0. The summed E-state index contributed by atoms with van der Waals surface area (Å²) >= 11 is 0. The number of hydrogen-bond acceptors (Lipinski definition) is 3. The molecule has 0 N–H and O–H groups in total. The van der Waals surface area contributed by atoms with E-state index in [1.807, 2.05) is 0 Å². The third-order valence-electron chi connectivity index (χ3n) is 11.5. The highest BCUT2D eigenvalue weighted by Crippen LogP contribution is 2.86. The molecule has 3 heterocycles. The Morgan fingerprint density at radius 1 is 0.364 bits per heavy atom. The second-order valence-corrected chi connectivity index (χ2v) is 20.5. The first-order chi connectivity index (χ1) is 26.2. The van der Waals surface area contributed by atoms with Gasteiger partial charge in [0.25, 0.3) is 0 Å². The van der Waals surface area contributed by atoms with Crippen LogP contribution in [0.3, 0.4) is 0 Å². The summed E-state index contributed by atoms with van der Waals surface area (Å²) in [5.41, 5.74) is 30.2. The van der Waals surface area contributed by atoms with Crippen molar-refractivity contribution in [2.45, 2.75) is 90.0 Å². The van der Waals surface area contributed by atoms with Crippen molar-refractivity contribution in [3.8, 4) is 44.5 Å². The summed E-state index contributed by atoms with van der Waals surface area (Å²) in [7, 11) is -2.03. The van der Waals surface area contributed by atoms with Gasteiger partial charge in [-0.1, -0.05) is 107 Å². The van der Waals surface area contributed by atoms with Crippen LogP contribution < -0.4 is 8.88 Å². The normalized spacial score (nSPS) is 16.1. The maximum absolute atomic E-state index is 5.62. The summed E-state index contributed by atoms with van der Waals surface area (Å²) in [5.74, 6) is 0. The van der Waals surface area contributed by atoms with Crippen LogP contribution in [0.15, 0.2) is 89.7 Å². The largest absolute Gasteiger partial charge is 0.269 e. The number of rotatable bonds is 6. The Bertz CT molecular complexity index is 2200. The molecule has 1 fully saturated rings. The zero-order chi connectivity index (χ0) is 39.2. The van der Waals surface area contributed by atoms with E-state index in [-0.39, 0.29) is 0 Å². The molecule has 55 heavy (non-hydrogen) atoms. The van der Waals surface area contributed by atoms with Crippen molar-refractivity contribution in [2.75, 3.05) is 8.88 Å². The van der Waals surface area contributed by atoms with Gasteiger partial charge in [0.1, 0.15) is 0 Å². The van der Waals surface area contributed by atoms with Crippen LogP contribution in [0.2, 0.25) is 0 Å². The zero-order valence-electron chi connectivity index (χ0n) is 34.8. The first-order valence-corrected chi connectivity index (χ1v) is 21.9. The molecule has 278 valence electrons. The van der Waals surface area contributed by atoms with Gasteiger partial charge in [0.2, 0.25) is 8.37 Å². The van der Waals surface area contributed by atoms with Crippen LogP contribution in [-0.4, -0.2) is 5.45 Å². The minimum absolute atomic E-state index is 0.945. The van der Waals surface area contributed by atoms with Crippen LogP contribution in [-0.2, 0) is 0 Å². The van der Waals surface area contributed by atoms with Gasteiger partial charge < -0.3 is 0 Å². The highest BCUT2D eigenvalue weighted by molar-refractivity contribution is 8.06. The summed E-state index contributed by atoms with van der Waals surface area (Å²) in [6.45, 7) is 29.4. The molecule has 5 heteroatoms. The SMILES string of the molecule is CC1=NP2N(c3c(-c4c(C)cc(C)cc4C)cccc3-c3c(C)cc(C)cc3C)P1N2c1c(-c2c(C)cc(C)cc2C)cccc1-c1c(C)cc(C)cc1C. The number of aryl methyl sites for hydroxylation is 12. The lowest BCUT2D eigenvalue weighted by molar-refractivity contribution is 1.29. The van der Waals surface area contributed by atoms with Gasteiger partial charge in [-0.05, 0) is 157 Å². The molecule has 0 atom stereocenters. The summed E-state index contributed by atoms with van der Waals surface area (Å²) < 4.78 is 11.1. The number of para-hydroxylation sites is 2. The lowest BCUT2D eigenvalue weighted by Crippen LogP contribution is -2.35. The standard InChI is InChI=1S/C50H53N3P2/c1-28-20-32(5)45(33(6)21-28)41-16-14-17-42(46-34(7)22-29(2)23-35(46)8)49(41)52-54-40(13)51-55(52)53(54)50-43(47-36(9)24-30(3)25-37(47)10)18-15-19-44(50)48-38(11)26-31(4)27-39(48)12/h14-27H,1-13H3. The highest BCUT2D eigenvalue weighted by Gasteiger charge is 2.58. The predicted molar refractivity (Wildman–Crippen MR) is 243 cm³/mol. The molecular weight excluding hydrogens is 705 g/mol. The average Bonchev–Trinajstić information content (AvgIpc) is 3.59. The summed E-state index contributed by atoms with van der Waals surface area (Å²) in [5, 5.41) is 0. The van der Waals surface area contributed by atoms with Crippen LogP contribution >= 0.6 is 16.6 Å². The van der Waals surface area contributed by atoms with Crippen molar-refractivity contribution in [3.05, 3.63) is 152 Å². The monoisotopic (exact) mass is 757 g/mol. The molecule has 3 nitrogen and oxygen atoms in total. The molecule has 0 radical (unpaired) electrons. The number of benzene rings is 6. The first-order valence-electron chi connectivity index (χ1n) is 19.5. The highest BCUT2D eigenvalue weighted by atomic mass is 31.3. The van der Waals surface area contributed by atoms with Crippen molar-refractivity contribution >= 4 is 33.4 Å². The Kier molecular flexibility index (Phi) is 9.43. The molecule has 2 bridgehead atoms. The van der Waals surface area contributed by atoms with E-state index in [9.17, 15) is 0 Å². The van der Waals surface area contributed by atoms with Gasteiger partial charge in [-0.15, -0.1) is 0 Å². The van der Waals surface area contributed by atoms with E-state index >= 15 is 0 Å². The van der Waals surface area contributed by atoms with E-state index < -0.39 is 16.6 Å². The van der Waals surface area contributed by atoms with Crippen LogP contribution in [0.5, 0.6) is 0 Å². The predicted octanol–water partition coefficient (Wildman–Crippen LogP) is 15.4. The molecule has 0 aromatic heterocycles. The Labute approximate surface area is 332 Å². The second kappa shape index (κ2) is 13.9. The fourth-order valence-electron chi connectivity index (χ4n) is 9.92. The molecule has 1 saturated heterocycles. The smallest absolute Gasteiger partial charge is 0.239 e. The Hall–Kier alpha value is -4.55. The van der Waals surface area contributed by atoms with E-state index in [0.717, 1.165) is 0 Å². The van der Waals surface area contributed by atoms with Crippen LogP contribution in [0.4, 0.5) is 11.4 Å². The lowest BCUT2D eigenvalue weighted by atomic mass is 9.87. The van der Waals surface area contributed by atoms with E-state index in [0.29, 0.717) is 0 Å². The van der Waals surface area contributed by atoms with Crippen molar-refractivity contribution in [1.29, 1.82) is 0 Å². The van der Waals surface area contributed by atoms with E-state index in [4.69, 9.17) is 4.76 Å². The third-order valence-corrected chi connectivity index (χ3v) is 17.0. The topological polar surface area (TPSA) is 18.8 Å². The maximum atomic E-state index is 5.62. The lowest BCUT2D eigenvalue weighted by Gasteiger charge is -2.52. The molecule has 3 aliphatic rings. The first kappa shape index (κ1) is 37.4. The van der Waals surface area contributed by atoms with E-state index in [1.165, 1.54) is 128 Å². The quantitative estimate of drug-likeness (QED) is 0.158. The summed E-state index contributed by atoms with van der Waals surface area (Å²) in [6, 6.07) is 32.8. The van der Waals surface area contributed by atoms with Crippen LogP contribution in [0.1, 0.15) is 73.7 Å². The van der Waals surface area contributed by atoms with E-state index in [1.54, 1.807) is 0 Å². The van der Waals surface area contributed by atoms with Crippen molar-refractivity contribution in [1.82, 2.24) is 0 Å². The molecule has 0 spiro atoms. The van der Waals surface area contributed by atoms with E-state index in [2.05, 4.69) is 184 Å². The van der Waals surface area contributed by atoms with Gasteiger partial charge in [-0.25, -0.2) is 4.76 Å². The van der Waals surface area contributed by atoms with Crippen LogP contribution in [0, 0.1) is 83.1 Å². The minimum atomic E-state index is -1.09. The number of hydrogen-bond donors (Lipinski definition) is 0. The summed E-state index contributed by atoms with van der Waals surface area (Å²) in [6.07, 6.45) is 0. The number of nitrogens with zero attached hydrogens (tertiary/aromatic N) is 3. The fraction of sp³-hybridized carbons (Fsp3) is 0.260. The zero-order valence-corrected chi connectivity index (χ0v) is 36.6. The molecular formula is C50H53N3P2. The van der Waals surface area contributed by atoms with Crippen molar-refractivity contribution in [3.63, 3.8) is 0 Å². The number of anilines is 2. The molecule has 3 aliphatic heterocycles. The molecule has 0 aliphatic carbocycles. The van der Waals surface area contributed by atoms with Crippen molar-refractivity contribution < 1.29 is 0 Å². The molecule has 0 amide bonds. The minimum Gasteiger partial charge on any atom is -0.269 e. The Balaban J connectivity index is 1.41. The fourth-order valence-corrected chi connectivity index (χ4v) is 16.0. The molecule has 0 saturated carbocycles. The van der Waals surface area contributed by atoms with Gasteiger partial charge in [-0.3, -0.25) is 8.88 Å². The van der Waals surface area contributed by atoms with Gasteiger partial charge in [0.15, 0.2) is 8.22 Å². The van der Waals surface area contributed by atoms with Gasteiger partial charge in [0.05, 0.1) is 16.8 Å². The van der Waals surface area contributed by atoms with Gasteiger partial charge in [-0.2, -0.15) is 0 Å². The maximum Gasteiger partial charge on any atom is 0.239 e. The third kappa shape index (κ3) is 6.07. The molecule has 6 aromatic carbocycles. The van der Waals surface area contributed by atoms with Crippen LogP contribution in [0.25, 0.3) is 44.5 Å². The molecule has 6 aromatic rings.